The van der Waals surface area contributed by atoms with Gasteiger partial charge in [0.2, 0.25) is 11.8 Å². The lowest BCUT2D eigenvalue weighted by Gasteiger charge is -2.30. The normalized spacial score (nSPS) is 16.3. The minimum absolute atomic E-state index is 0.00705. The van der Waals surface area contributed by atoms with Crippen LogP contribution in [0.4, 0.5) is 11.4 Å². The Bertz CT molecular complexity index is 985. The van der Waals surface area contributed by atoms with Crippen LogP contribution >= 0.6 is 23.5 Å². The molecule has 1 fully saturated rings. The highest BCUT2D eigenvalue weighted by atomic mass is 32.2. The number of hydrogen-bond donors (Lipinski definition) is 0. The van der Waals surface area contributed by atoms with Crippen molar-refractivity contribution < 1.29 is 9.21 Å². The number of fused-ring (bicyclic) bond motifs is 2. The van der Waals surface area contributed by atoms with Gasteiger partial charge in [-0.1, -0.05) is 67.1 Å². The maximum atomic E-state index is 13.2. The van der Waals surface area contributed by atoms with E-state index in [1.807, 2.05) is 41.3 Å². The third-order valence-corrected chi connectivity index (χ3v) is 7.31. The van der Waals surface area contributed by atoms with Crippen molar-refractivity contribution in [1.29, 1.82) is 0 Å². The third kappa shape index (κ3) is 3.81. The van der Waals surface area contributed by atoms with Crippen LogP contribution in [0.1, 0.15) is 43.9 Å². The molecule has 1 aromatic heterocycles. The molecular formula is C22H21N3O2S2. The van der Waals surface area contributed by atoms with Crippen LogP contribution in [0.15, 0.2) is 68.0 Å². The minimum atomic E-state index is 0.00705. The lowest BCUT2D eigenvalue weighted by molar-refractivity contribution is -0.115. The number of aromatic nitrogens is 2. The van der Waals surface area contributed by atoms with Crippen molar-refractivity contribution in [3.8, 4) is 0 Å². The van der Waals surface area contributed by atoms with Crippen LogP contribution in [0.2, 0.25) is 0 Å². The molecule has 1 aliphatic carbocycles. The summed E-state index contributed by atoms with van der Waals surface area (Å²) in [5.74, 6) is 1.36. The molecule has 0 unspecified atom stereocenters. The molecule has 0 radical (unpaired) electrons. The smallest absolute Gasteiger partial charge is 0.277 e. The van der Waals surface area contributed by atoms with Crippen molar-refractivity contribution in [2.75, 3.05) is 10.7 Å². The van der Waals surface area contributed by atoms with Crippen molar-refractivity contribution in [3.63, 3.8) is 0 Å². The van der Waals surface area contributed by atoms with Gasteiger partial charge in [-0.25, -0.2) is 0 Å². The van der Waals surface area contributed by atoms with E-state index in [0.29, 0.717) is 11.1 Å². The fourth-order valence-corrected chi connectivity index (χ4v) is 5.63. The lowest BCUT2D eigenvalue weighted by atomic mass is 9.89. The Hall–Kier alpha value is -2.25. The summed E-state index contributed by atoms with van der Waals surface area (Å²) in [4.78, 5) is 17.2. The standard InChI is InChI=1S/C22H21N3O2S2/c26-20(14-28-22-24-23-21(27-22)15-8-2-1-3-9-15)25-16-10-4-6-12-18(16)29-19-13-7-5-11-17(19)25/h4-7,10-13,15H,1-3,8-9,14H2. The van der Waals surface area contributed by atoms with E-state index in [9.17, 15) is 4.79 Å². The summed E-state index contributed by atoms with van der Waals surface area (Å²) in [6.07, 6.45) is 5.96. The predicted molar refractivity (Wildman–Crippen MR) is 115 cm³/mol. The summed E-state index contributed by atoms with van der Waals surface area (Å²) in [5.41, 5.74) is 1.85. The minimum Gasteiger partial charge on any atom is -0.416 e. The molecule has 0 saturated heterocycles. The molecule has 0 atom stereocenters. The number of carbonyl (C=O) groups is 1. The first-order valence-corrected chi connectivity index (χ1v) is 11.7. The van der Waals surface area contributed by atoms with Gasteiger partial charge in [0.15, 0.2) is 0 Å². The zero-order valence-corrected chi connectivity index (χ0v) is 17.5. The Morgan fingerprint density at radius 1 is 1.00 bits per heavy atom. The SMILES string of the molecule is O=C(CSc1nnc(C2CCCCC2)o1)N1c2ccccc2Sc2ccccc21. The zero-order valence-electron chi connectivity index (χ0n) is 15.9. The van der Waals surface area contributed by atoms with Crippen molar-refractivity contribution in [3.05, 3.63) is 54.4 Å². The molecular weight excluding hydrogens is 402 g/mol. The molecule has 2 aliphatic rings. The Balaban J connectivity index is 1.33. The molecule has 5 nitrogen and oxygen atoms in total. The number of carbonyl (C=O) groups excluding carboxylic acids is 1. The molecule has 29 heavy (non-hydrogen) atoms. The van der Waals surface area contributed by atoms with Crippen molar-refractivity contribution >= 4 is 40.8 Å². The van der Waals surface area contributed by atoms with Crippen molar-refractivity contribution in [1.82, 2.24) is 10.2 Å². The Kier molecular flexibility index (Phi) is 5.33. The van der Waals surface area contributed by atoms with E-state index >= 15 is 0 Å². The van der Waals surface area contributed by atoms with Gasteiger partial charge in [-0.2, -0.15) is 0 Å². The van der Waals surface area contributed by atoms with E-state index in [0.717, 1.165) is 39.9 Å². The van der Waals surface area contributed by atoms with Gasteiger partial charge in [0.05, 0.1) is 17.1 Å². The van der Waals surface area contributed by atoms with Crippen molar-refractivity contribution in [2.24, 2.45) is 0 Å². The number of para-hydroxylation sites is 2. The van der Waals surface area contributed by atoms with Crippen LogP contribution in [0, 0.1) is 0 Å². The summed E-state index contributed by atoms with van der Waals surface area (Å²) in [5, 5.41) is 8.88. The number of amides is 1. The van der Waals surface area contributed by atoms with Crippen molar-refractivity contribution in [2.45, 2.75) is 53.0 Å². The van der Waals surface area contributed by atoms with E-state index in [-0.39, 0.29) is 11.7 Å². The summed E-state index contributed by atoms with van der Waals surface area (Å²) < 4.78 is 5.87. The maximum Gasteiger partial charge on any atom is 0.277 e. The van der Waals surface area contributed by atoms with Crippen LogP contribution in [-0.2, 0) is 4.79 Å². The molecule has 7 heteroatoms. The quantitative estimate of drug-likeness (QED) is 0.477. The van der Waals surface area contributed by atoms with Crippen LogP contribution in [0.25, 0.3) is 0 Å². The molecule has 0 spiro atoms. The molecule has 1 saturated carbocycles. The largest absolute Gasteiger partial charge is 0.416 e. The number of rotatable bonds is 4. The highest BCUT2D eigenvalue weighted by Gasteiger charge is 2.28. The fraction of sp³-hybridized carbons (Fsp3) is 0.318. The average molecular weight is 424 g/mol. The number of nitrogens with zero attached hydrogens (tertiary/aromatic N) is 3. The zero-order chi connectivity index (χ0) is 19.6. The van der Waals surface area contributed by atoms with E-state index < -0.39 is 0 Å². The Labute approximate surface area is 178 Å². The number of anilines is 2. The molecule has 5 rings (SSSR count). The van der Waals surface area contributed by atoms with Gasteiger partial charge < -0.3 is 4.42 Å². The predicted octanol–water partition coefficient (Wildman–Crippen LogP) is 6.04. The topological polar surface area (TPSA) is 59.2 Å². The average Bonchev–Trinajstić information content (AvgIpc) is 3.25. The van der Waals surface area contributed by atoms with Crippen LogP contribution in [-0.4, -0.2) is 21.9 Å². The number of benzene rings is 2. The fourth-order valence-electron chi connectivity index (χ4n) is 3.95. The first-order valence-electron chi connectivity index (χ1n) is 9.94. The van der Waals surface area contributed by atoms with Gasteiger partial charge in [0, 0.05) is 15.7 Å². The first kappa shape index (κ1) is 18.8. The van der Waals surface area contributed by atoms with Gasteiger partial charge in [0.1, 0.15) is 0 Å². The second-order valence-electron chi connectivity index (χ2n) is 7.30. The van der Waals surface area contributed by atoms with Crippen LogP contribution in [0.3, 0.4) is 0 Å². The summed E-state index contributed by atoms with van der Waals surface area (Å²) in [6.45, 7) is 0. The van der Waals surface area contributed by atoms with Crippen LogP contribution < -0.4 is 4.90 Å². The third-order valence-electron chi connectivity index (χ3n) is 5.38. The molecule has 0 bridgehead atoms. The molecule has 1 aliphatic heterocycles. The molecule has 1 amide bonds. The van der Waals surface area contributed by atoms with Gasteiger partial charge >= 0.3 is 0 Å². The Morgan fingerprint density at radius 3 is 2.34 bits per heavy atom. The number of hydrogen-bond acceptors (Lipinski definition) is 6. The highest BCUT2D eigenvalue weighted by molar-refractivity contribution is 8.00. The van der Waals surface area contributed by atoms with E-state index in [1.54, 1.807) is 11.8 Å². The first-order chi connectivity index (χ1) is 14.3. The molecule has 2 heterocycles. The second-order valence-corrected chi connectivity index (χ2v) is 9.31. The molecule has 3 aromatic rings. The Morgan fingerprint density at radius 2 is 1.66 bits per heavy atom. The number of thioether (sulfide) groups is 1. The summed E-state index contributed by atoms with van der Waals surface area (Å²) in [7, 11) is 0. The van der Waals surface area contributed by atoms with Crippen LogP contribution in [0.5, 0.6) is 0 Å². The van der Waals surface area contributed by atoms with E-state index in [4.69, 9.17) is 4.42 Å². The van der Waals surface area contributed by atoms with Gasteiger partial charge in [-0.3, -0.25) is 9.69 Å². The van der Waals surface area contributed by atoms with Gasteiger partial charge in [-0.05, 0) is 37.1 Å². The molecule has 148 valence electrons. The highest BCUT2D eigenvalue weighted by Crippen LogP contribution is 2.48. The lowest BCUT2D eigenvalue weighted by Crippen LogP contribution is -2.29. The molecule has 0 N–H and O–H groups in total. The van der Waals surface area contributed by atoms with E-state index in [2.05, 4.69) is 22.3 Å². The maximum absolute atomic E-state index is 13.2. The van der Waals surface area contributed by atoms with Gasteiger partial charge in [-0.15, -0.1) is 10.2 Å². The monoisotopic (exact) mass is 423 g/mol. The summed E-state index contributed by atoms with van der Waals surface area (Å²) >= 11 is 3.01. The second kappa shape index (κ2) is 8.24. The molecule has 2 aromatic carbocycles. The van der Waals surface area contributed by atoms with Gasteiger partial charge in [0.25, 0.3) is 5.22 Å². The summed E-state index contributed by atoms with van der Waals surface area (Å²) in [6, 6.07) is 16.0. The van der Waals surface area contributed by atoms with E-state index in [1.165, 1.54) is 31.0 Å².